The van der Waals surface area contributed by atoms with Crippen LogP contribution in [0.3, 0.4) is 0 Å². The van der Waals surface area contributed by atoms with Gasteiger partial charge in [-0.25, -0.2) is 8.42 Å². The highest BCUT2D eigenvalue weighted by Crippen LogP contribution is 2.36. The number of ether oxygens (including phenoxy) is 2. The maximum absolute atomic E-state index is 12.4. The van der Waals surface area contributed by atoms with Crippen LogP contribution < -0.4 is 19.1 Å². The van der Waals surface area contributed by atoms with E-state index in [0.29, 0.717) is 23.6 Å². The van der Waals surface area contributed by atoms with Crippen LogP contribution in [0.4, 0.5) is 5.69 Å². The molecule has 0 saturated carbocycles. The first-order chi connectivity index (χ1) is 13.9. The first-order valence-electron chi connectivity index (χ1n) is 9.60. The lowest BCUT2D eigenvalue weighted by atomic mass is 10.0. The van der Waals surface area contributed by atoms with Gasteiger partial charge < -0.3 is 14.8 Å². The van der Waals surface area contributed by atoms with Crippen molar-refractivity contribution in [3.63, 3.8) is 0 Å². The molecule has 1 N–H and O–H groups in total. The lowest BCUT2D eigenvalue weighted by molar-refractivity contribution is -0.121. The number of hydrogen-bond acceptors (Lipinski definition) is 5. The number of carbonyl (C=O) groups is 1. The molecule has 0 saturated heterocycles. The van der Waals surface area contributed by atoms with Crippen LogP contribution >= 0.6 is 0 Å². The van der Waals surface area contributed by atoms with Crippen molar-refractivity contribution in [2.45, 2.75) is 32.2 Å². The molecule has 1 aliphatic heterocycles. The van der Waals surface area contributed by atoms with Gasteiger partial charge in [0.05, 0.1) is 18.0 Å². The van der Waals surface area contributed by atoms with Crippen LogP contribution in [0.25, 0.3) is 0 Å². The monoisotopic (exact) mass is 418 g/mol. The minimum absolute atomic E-state index is 0.0522. The van der Waals surface area contributed by atoms with Crippen LogP contribution in [0.1, 0.15) is 37.8 Å². The molecule has 0 spiro atoms. The first kappa shape index (κ1) is 21.0. The standard InChI is InChI=1S/C21H26N2O5S/c1-3-18(16-8-5-4-6-9-16)22-21(24)10-7-13-23(29(2,25)26)17-11-12-19-20(14-17)28-15-27-19/h4-6,8-9,11-12,14,18H,3,7,10,13,15H2,1-2H3,(H,22,24). The Morgan fingerprint density at radius 2 is 1.86 bits per heavy atom. The maximum atomic E-state index is 12.4. The van der Waals surface area contributed by atoms with Gasteiger partial charge in [-0.3, -0.25) is 9.10 Å². The van der Waals surface area contributed by atoms with Gasteiger partial charge >= 0.3 is 0 Å². The van der Waals surface area contributed by atoms with Crippen LogP contribution in [0.5, 0.6) is 11.5 Å². The molecule has 156 valence electrons. The Kier molecular flexibility index (Phi) is 6.64. The molecule has 2 aromatic carbocycles. The van der Waals surface area contributed by atoms with Crippen molar-refractivity contribution in [2.75, 3.05) is 23.9 Å². The van der Waals surface area contributed by atoms with E-state index in [1.54, 1.807) is 18.2 Å². The number of amides is 1. The van der Waals surface area contributed by atoms with Crippen molar-refractivity contribution in [3.8, 4) is 11.5 Å². The topological polar surface area (TPSA) is 84.9 Å². The molecular formula is C21H26N2O5S. The van der Waals surface area contributed by atoms with Crippen molar-refractivity contribution in [1.29, 1.82) is 0 Å². The minimum Gasteiger partial charge on any atom is -0.454 e. The van der Waals surface area contributed by atoms with Crippen molar-refractivity contribution < 1.29 is 22.7 Å². The molecule has 0 aliphatic carbocycles. The van der Waals surface area contributed by atoms with Crippen LogP contribution in [0, 0.1) is 0 Å². The molecule has 7 nitrogen and oxygen atoms in total. The number of nitrogens with zero attached hydrogens (tertiary/aromatic N) is 1. The smallest absolute Gasteiger partial charge is 0.232 e. The summed E-state index contributed by atoms with van der Waals surface area (Å²) in [6.07, 6.45) is 2.57. The highest BCUT2D eigenvalue weighted by atomic mass is 32.2. The number of nitrogens with one attached hydrogen (secondary N) is 1. The molecular weight excluding hydrogens is 392 g/mol. The Labute approximate surface area is 171 Å². The van der Waals surface area contributed by atoms with E-state index in [0.717, 1.165) is 18.2 Å². The number of fused-ring (bicyclic) bond motifs is 1. The summed E-state index contributed by atoms with van der Waals surface area (Å²) in [5, 5.41) is 3.03. The fourth-order valence-electron chi connectivity index (χ4n) is 3.28. The van der Waals surface area contributed by atoms with Crippen LogP contribution in [0.15, 0.2) is 48.5 Å². The van der Waals surface area contributed by atoms with Gasteiger partial charge in [0.2, 0.25) is 22.7 Å². The number of sulfonamides is 1. The molecule has 0 bridgehead atoms. The maximum Gasteiger partial charge on any atom is 0.232 e. The van der Waals surface area contributed by atoms with E-state index < -0.39 is 10.0 Å². The summed E-state index contributed by atoms with van der Waals surface area (Å²) in [5.41, 5.74) is 1.55. The zero-order chi connectivity index (χ0) is 20.9. The van der Waals surface area contributed by atoms with Gasteiger partial charge in [-0.1, -0.05) is 37.3 Å². The molecule has 3 rings (SSSR count). The first-order valence-corrected chi connectivity index (χ1v) is 11.4. The molecule has 1 heterocycles. The Hall–Kier alpha value is -2.74. The Morgan fingerprint density at radius 3 is 2.55 bits per heavy atom. The molecule has 8 heteroatoms. The van der Waals surface area contributed by atoms with Crippen molar-refractivity contribution in [2.24, 2.45) is 0 Å². The molecule has 0 radical (unpaired) electrons. The normalized spacial score (nSPS) is 13.7. The molecule has 29 heavy (non-hydrogen) atoms. The van der Waals surface area contributed by atoms with Gasteiger partial charge in [-0.05, 0) is 30.5 Å². The van der Waals surface area contributed by atoms with Crippen LogP contribution in [-0.2, 0) is 14.8 Å². The number of anilines is 1. The second-order valence-corrected chi connectivity index (χ2v) is 8.82. The summed E-state index contributed by atoms with van der Waals surface area (Å²) in [6.45, 7) is 2.34. The van der Waals surface area contributed by atoms with E-state index >= 15 is 0 Å². The van der Waals surface area contributed by atoms with E-state index in [2.05, 4.69) is 5.32 Å². The summed E-state index contributed by atoms with van der Waals surface area (Å²) in [7, 11) is -3.50. The van der Waals surface area contributed by atoms with Crippen molar-refractivity contribution in [3.05, 3.63) is 54.1 Å². The predicted octanol–water partition coefficient (Wildman–Crippen LogP) is 3.23. The average Bonchev–Trinajstić information content (AvgIpc) is 3.17. The van der Waals surface area contributed by atoms with Gasteiger partial charge in [0.1, 0.15) is 0 Å². The average molecular weight is 419 g/mol. The number of carbonyl (C=O) groups excluding carboxylic acids is 1. The fourth-order valence-corrected chi connectivity index (χ4v) is 4.24. The van der Waals surface area contributed by atoms with Gasteiger partial charge in [-0.2, -0.15) is 0 Å². The zero-order valence-corrected chi connectivity index (χ0v) is 17.4. The van der Waals surface area contributed by atoms with E-state index in [1.807, 2.05) is 37.3 Å². The minimum atomic E-state index is -3.50. The second-order valence-electron chi connectivity index (χ2n) is 6.92. The van der Waals surface area contributed by atoms with E-state index in [9.17, 15) is 13.2 Å². The summed E-state index contributed by atoms with van der Waals surface area (Å²) >= 11 is 0. The highest BCUT2D eigenvalue weighted by molar-refractivity contribution is 7.92. The van der Waals surface area contributed by atoms with E-state index in [1.165, 1.54) is 4.31 Å². The molecule has 0 aromatic heterocycles. The molecule has 1 aliphatic rings. The van der Waals surface area contributed by atoms with Gasteiger partial charge in [-0.15, -0.1) is 0 Å². The van der Waals surface area contributed by atoms with Gasteiger partial charge in [0.15, 0.2) is 11.5 Å². The van der Waals surface area contributed by atoms with E-state index in [4.69, 9.17) is 9.47 Å². The van der Waals surface area contributed by atoms with Crippen LogP contribution in [-0.4, -0.2) is 33.9 Å². The van der Waals surface area contributed by atoms with Crippen LogP contribution in [0.2, 0.25) is 0 Å². The second kappa shape index (κ2) is 9.17. The molecule has 1 unspecified atom stereocenters. The third-order valence-corrected chi connectivity index (χ3v) is 5.95. The zero-order valence-electron chi connectivity index (χ0n) is 16.6. The third kappa shape index (κ3) is 5.41. The summed E-state index contributed by atoms with van der Waals surface area (Å²) in [6, 6.07) is 14.8. The quantitative estimate of drug-likeness (QED) is 0.676. The predicted molar refractivity (Wildman–Crippen MR) is 112 cm³/mol. The summed E-state index contributed by atoms with van der Waals surface area (Å²) < 4.78 is 36.4. The largest absolute Gasteiger partial charge is 0.454 e. The van der Waals surface area contributed by atoms with Gasteiger partial charge in [0.25, 0.3) is 0 Å². The number of hydrogen-bond donors (Lipinski definition) is 1. The molecule has 0 fully saturated rings. The Morgan fingerprint density at radius 1 is 1.14 bits per heavy atom. The lowest BCUT2D eigenvalue weighted by Crippen LogP contribution is -2.33. The third-order valence-electron chi connectivity index (χ3n) is 4.75. The Balaban J connectivity index is 1.59. The number of benzene rings is 2. The fraction of sp³-hybridized carbons (Fsp3) is 0.381. The number of rotatable bonds is 9. The lowest BCUT2D eigenvalue weighted by Gasteiger charge is -2.23. The van der Waals surface area contributed by atoms with Gasteiger partial charge in [0, 0.05) is 19.0 Å². The van der Waals surface area contributed by atoms with E-state index in [-0.39, 0.29) is 31.7 Å². The highest BCUT2D eigenvalue weighted by Gasteiger charge is 2.22. The summed E-state index contributed by atoms with van der Waals surface area (Å²) in [4.78, 5) is 12.4. The van der Waals surface area contributed by atoms with Crippen molar-refractivity contribution >= 4 is 21.6 Å². The SMILES string of the molecule is CCC(NC(=O)CCCN(c1ccc2c(c1)OCO2)S(C)(=O)=O)c1ccccc1. The van der Waals surface area contributed by atoms with Crippen molar-refractivity contribution in [1.82, 2.24) is 5.32 Å². The molecule has 1 atom stereocenters. The summed E-state index contributed by atoms with van der Waals surface area (Å²) in [5.74, 6) is 1.01. The Bertz CT molecular complexity index is 947. The molecule has 1 amide bonds. The molecule has 2 aromatic rings.